The van der Waals surface area contributed by atoms with Gasteiger partial charge in [-0.05, 0) is 38.7 Å². The van der Waals surface area contributed by atoms with Gasteiger partial charge in [-0.1, -0.05) is 25.1 Å². The van der Waals surface area contributed by atoms with E-state index in [2.05, 4.69) is 37.4 Å². The summed E-state index contributed by atoms with van der Waals surface area (Å²) in [6.45, 7) is 7.30. The van der Waals surface area contributed by atoms with E-state index in [-0.39, 0.29) is 0 Å². The van der Waals surface area contributed by atoms with Crippen molar-refractivity contribution < 1.29 is 4.74 Å². The van der Waals surface area contributed by atoms with Crippen molar-refractivity contribution in [3.63, 3.8) is 0 Å². The number of para-hydroxylation sites is 1. The summed E-state index contributed by atoms with van der Waals surface area (Å²) in [5.74, 6) is 1.91. The number of hydrogen-bond donors (Lipinski definition) is 1. The molecule has 1 unspecified atom stereocenters. The zero-order valence-electron chi connectivity index (χ0n) is 11.1. The maximum atomic E-state index is 5.67. The first kappa shape index (κ1) is 12.4. The van der Waals surface area contributed by atoms with Gasteiger partial charge < -0.3 is 10.1 Å². The molecule has 94 valence electrons. The van der Waals surface area contributed by atoms with Crippen molar-refractivity contribution in [1.82, 2.24) is 5.32 Å². The third kappa shape index (κ3) is 3.01. The lowest BCUT2D eigenvalue weighted by Gasteiger charge is -2.36. The summed E-state index contributed by atoms with van der Waals surface area (Å²) in [5, 5.41) is 3.68. The molecule has 0 amide bonds. The molecule has 2 heteroatoms. The molecule has 1 aromatic carbocycles. The summed E-state index contributed by atoms with van der Waals surface area (Å²) < 4.78 is 5.67. The molecule has 1 N–H and O–H groups in total. The molecule has 0 bridgehead atoms. The van der Waals surface area contributed by atoms with Crippen molar-refractivity contribution in [1.29, 1.82) is 0 Å². The maximum absolute atomic E-state index is 5.67. The van der Waals surface area contributed by atoms with Gasteiger partial charge in [0.1, 0.15) is 5.75 Å². The molecular formula is C15H23NO. The molecule has 2 nitrogen and oxygen atoms in total. The van der Waals surface area contributed by atoms with Crippen molar-refractivity contribution >= 4 is 0 Å². The first-order valence-corrected chi connectivity index (χ1v) is 6.68. The van der Waals surface area contributed by atoms with E-state index in [9.17, 15) is 0 Å². The second-order valence-corrected chi connectivity index (χ2v) is 5.13. The molecular weight excluding hydrogens is 210 g/mol. The van der Waals surface area contributed by atoms with Crippen molar-refractivity contribution in [3.05, 3.63) is 29.8 Å². The van der Waals surface area contributed by atoms with Gasteiger partial charge in [-0.15, -0.1) is 0 Å². The fraction of sp³-hybridized carbons (Fsp3) is 0.600. The molecule has 0 saturated heterocycles. The Kier molecular flexibility index (Phi) is 4.06. The van der Waals surface area contributed by atoms with Gasteiger partial charge in [-0.25, -0.2) is 0 Å². The van der Waals surface area contributed by atoms with Crippen LogP contribution in [0.15, 0.2) is 24.3 Å². The predicted octanol–water partition coefficient (Wildman–Crippen LogP) is 3.53. The largest absolute Gasteiger partial charge is 0.494 e. The van der Waals surface area contributed by atoms with Crippen molar-refractivity contribution in [2.45, 2.75) is 45.7 Å². The standard InChI is InChI=1S/C15H23NO/c1-4-17-15-8-6-5-7-14(15)12(3)16-13-9-11(2)10-13/h5-8,11-13,16H,4,9-10H2,1-3H3. The molecule has 2 rings (SSSR count). The first-order chi connectivity index (χ1) is 8.20. The van der Waals surface area contributed by atoms with Crippen LogP contribution in [0.3, 0.4) is 0 Å². The number of ether oxygens (including phenoxy) is 1. The van der Waals surface area contributed by atoms with Gasteiger partial charge in [-0.2, -0.15) is 0 Å². The molecule has 0 radical (unpaired) electrons. The second kappa shape index (κ2) is 5.54. The Balaban J connectivity index is 1.99. The van der Waals surface area contributed by atoms with E-state index in [4.69, 9.17) is 4.74 Å². The lowest BCUT2D eigenvalue weighted by Crippen LogP contribution is -2.41. The van der Waals surface area contributed by atoms with Crippen LogP contribution in [0, 0.1) is 5.92 Å². The van der Waals surface area contributed by atoms with Crippen molar-refractivity contribution in [2.24, 2.45) is 5.92 Å². The highest BCUT2D eigenvalue weighted by Gasteiger charge is 2.26. The normalized spacial score (nSPS) is 25.1. The van der Waals surface area contributed by atoms with Crippen LogP contribution in [0.5, 0.6) is 5.75 Å². The minimum atomic E-state index is 0.371. The molecule has 0 spiro atoms. The summed E-state index contributed by atoms with van der Waals surface area (Å²) in [6.07, 6.45) is 2.61. The summed E-state index contributed by atoms with van der Waals surface area (Å²) >= 11 is 0. The van der Waals surface area contributed by atoms with Gasteiger partial charge in [0.25, 0.3) is 0 Å². The zero-order valence-corrected chi connectivity index (χ0v) is 11.1. The van der Waals surface area contributed by atoms with Gasteiger partial charge in [-0.3, -0.25) is 0 Å². The zero-order chi connectivity index (χ0) is 12.3. The van der Waals surface area contributed by atoms with Gasteiger partial charge in [0.2, 0.25) is 0 Å². The van der Waals surface area contributed by atoms with Crippen LogP contribution in [0.25, 0.3) is 0 Å². The SMILES string of the molecule is CCOc1ccccc1C(C)NC1CC(C)C1. The third-order valence-electron chi connectivity index (χ3n) is 3.54. The van der Waals surface area contributed by atoms with E-state index in [0.29, 0.717) is 12.1 Å². The quantitative estimate of drug-likeness (QED) is 0.840. The molecule has 1 atom stereocenters. The predicted molar refractivity (Wildman–Crippen MR) is 71.3 cm³/mol. The molecule has 0 heterocycles. The minimum absolute atomic E-state index is 0.371. The number of rotatable bonds is 5. The minimum Gasteiger partial charge on any atom is -0.494 e. The van der Waals surface area contributed by atoms with Crippen LogP contribution in [-0.2, 0) is 0 Å². The van der Waals surface area contributed by atoms with E-state index >= 15 is 0 Å². The van der Waals surface area contributed by atoms with E-state index in [0.717, 1.165) is 18.3 Å². The first-order valence-electron chi connectivity index (χ1n) is 6.68. The highest BCUT2D eigenvalue weighted by molar-refractivity contribution is 5.35. The van der Waals surface area contributed by atoms with Crippen LogP contribution in [-0.4, -0.2) is 12.6 Å². The Bertz CT molecular complexity index is 358. The topological polar surface area (TPSA) is 21.3 Å². The molecule has 1 aliphatic rings. The number of nitrogens with one attached hydrogen (secondary N) is 1. The Morgan fingerprint density at radius 3 is 2.71 bits per heavy atom. The maximum Gasteiger partial charge on any atom is 0.124 e. The number of benzene rings is 1. The fourth-order valence-electron chi connectivity index (χ4n) is 2.61. The highest BCUT2D eigenvalue weighted by Crippen LogP contribution is 2.31. The molecule has 0 aromatic heterocycles. The van der Waals surface area contributed by atoms with Crippen LogP contribution in [0.2, 0.25) is 0 Å². The van der Waals surface area contributed by atoms with Crippen molar-refractivity contribution in [3.8, 4) is 5.75 Å². The molecule has 1 aliphatic carbocycles. The van der Waals surface area contributed by atoms with Gasteiger partial charge in [0, 0.05) is 17.6 Å². The highest BCUT2D eigenvalue weighted by atomic mass is 16.5. The van der Waals surface area contributed by atoms with Crippen molar-refractivity contribution in [2.75, 3.05) is 6.61 Å². The summed E-state index contributed by atoms with van der Waals surface area (Å²) in [6, 6.07) is 9.39. The second-order valence-electron chi connectivity index (χ2n) is 5.13. The monoisotopic (exact) mass is 233 g/mol. The lowest BCUT2D eigenvalue weighted by atomic mass is 9.81. The Morgan fingerprint density at radius 2 is 2.06 bits per heavy atom. The van der Waals surface area contributed by atoms with Gasteiger partial charge >= 0.3 is 0 Å². The average Bonchev–Trinajstić information content (AvgIpc) is 2.28. The Labute approximate surface area is 104 Å². The van der Waals surface area contributed by atoms with Crippen LogP contribution >= 0.6 is 0 Å². The van der Waals surface area contributed by atoms with E-state index < -0.39 is 0 Å². The molecule has 0 aliphatic heterocycles. The van der Waals surface area contributed by atoms with E-state index in [1.807, 2.05) is 13.0 Å². The van der Waals surface area contributed by atoms with Crippen LogP contribution in [0.4, 0.5) is 0 Å². The van der Waals surface area contributed by atoms with Crippen LogP contribution < -0.4 is 10.1 Å². The van der Waals surface area contributed by atoms with Crippen LogP contribution in [0.1, 0.15) is 45.2 Å². The smallest absolute Gasteiger partial charge is 0.124 e. The molecule has 1 saturated carbocycles. The van der Waals surface area contributed by atoms with E-state index in [1.54, 1.807) is 0 Å². The third-order valence-corrected chi connectivity index (χ3v) is 3.54. The summed E-state index contributed by atoms with van der Waals surface area (Å²) in [7, 11) is 0. The molecule has 17 heavy (non-hydrogen) atoms. The van der Waals surface area contributed by atoms with E-state index in [1.165, 1.54) is 18.4 Å². The van der Waals surface area contributed by atoms with Gasteiger partial charge in [0.05, 0.1) is 6.61 Å². The summed E-state index contributed by atoms with van der Waals surface area (Å²) in [5.41, 5.74) is 1.27. The molecule has 1 aromatic rings. The number of hydrogen-bond acceptors (Lipinski definition) is 2. The Hall–Kier alpha value is -1.02. The fourth-order valence-corrected chi connectivity index (χ4v) is 2.61. The lowest BCUT2D eigenvalue weighted by molar-refractivity contribution is 0.224. The molecule has 1 fully saturated rings. The summed E-state index contributed by atoms with van der Waals surface area (Å²) in [4.78, 5) is 0. The Morgan fingerprint density at radius 1 is 1.35 bits per heavy atom. The van der Waals surface area contributed by atoms with Gasteiger partial charge in [0.15, 0.2) is 0 Å². The average molecular weight is 233 g/mol.